The highest BCUT2D eigenvalue weighted by Crippen LogP contribution is 2.33. The summed E-state index contributed by atoms with van der Waals surface area (Å²) in [4.78, 5) is 36.4. The molecule has 5 rings (SSSR count). The van der Waals surface area contributed by atoms with Crippen LogP contribution >= 0.6 is 11.6 Å². The van der Waals surface area contributed by atoms with E-state index in [0.29, 0.717) is 49.1 Å². The van der Waals surface area contributed by atoms with Crippen LogP contribution in [0.3, 0.4) is 0 Å². The number of esters is 1. The second-order valence-corrected chi connectivity index (χ2v) is 17.1. The lowest BCUT2D eigenvalue weighted by Crippen LogP contribution is -2.47. The number of benzene rings is 2. The Labute approximate surface area is 331 Å². The van der Waals surface area contributed by atoms with Crippen LogP contribution in [-0.4, -0.2) is 96.7 Å². The van der Waals surface area contributed by atoms with Crippen molar-refractivity contribution in [1.82, 2.24) is 30.0 Å². The van der Waals surface area contributed by atoms with Crippen molar-refractivity contribution in [2.75, 3.05) is 49.9 Å². The van der Waals surface area contributed by atoms with Crippen LogP contribution in [0, 0.1) is 18.7 Å². The largest absolute Gasteiger partial charge is 0.463 e. The second-order valence-electron chi connectivity index (χ2n) is 15.0. The summed E-state index contributed by atoms with van der Waals surface area (Å²) in [6.07, 6.45) is 1.77. The first-order chi connectivity index (χ1) is 26.4. The quantitative estimate of drug-likeness (QED) is 0.111. The van der Waals surface area contributed by atoms with E-state index in [1.165, 1.54) is 6.07 Å². The lowest BCUT2D eigenvalue weighted by atomic mass is 10.1. The first-order valence-electron chi connectivity index (χ1n) is 18.5. The number of alkyl carbamates (subject to hydrolysis) is 1. The third-order valence-corrected chi connectivity index (χ3v) is 10.5. The van der Waals surface area contributed by atoms with Gasteiger partial charge in [-0.25, -0.2) is 37.0 Å². The monoisotopic (exact) mass is 816 g/mol. The number of rotatable bonds is 15. The van der Waals surface area contributed by atoms with Crippen molar-refractivity contribution >= 4 is 56.2 Å². The number of anilines is 2. The number of ether oxygens (including phenoxy) is 3. The van der Waals surface area contributed by atoms with Gasteiger partial charge in [0.25, 0.3) is 10.0 Å². The summed E-state index contributed by atoms with van der Waals surface area (Å²) in [6, 6.07) is 8.90. The van der Waals surface area contributed by atoms with Crippen molar-refractivity contribution in [2.24, 2.45) is 5.92 Å². The van der Waals surface area contributed by atoms with Gasteiger partial charge in [-0.2, -0.15) is 5.10 Å². The molecule has 1 saturated heterocycles. The Morgan fingerprint density at radius 2 is 1.84 bits per heavy atom. The number of carbonyl (C=O) groups excluding carboxylic acids is 2. The first-order valence-corrected chi connectivity index (χ1v) is 20.3. The van der Waals surface area contributed by atoms with Crippen molar-refractivity contribution in [3.8, 4) is 11.4 Å². The molecule has 0 bridgehead atoms. The van der Waals surface area contributed by atoms with Gasteiger partial charge in [0.15, 0.2) is 17.7 Å². The van der Waals surface area contributed by atoms with Crippen LogP contribution in [0.1, 0.15) is 65.8 Å². The summed E-state index contributed by atoms with van der Waals surface area (Å²) in [5.74, 6) is -0.748. The molecule has 0 saturated carbocycles. The molecule has 1 unspecified atom stereocenters. The van der Waals surface area contributed by atoms with Crippen molar-refractivity contribution in [1.29, 1.82) is 0 Å². The van der Waals surface area contributed by atoms with Gasteiger partial charge >= 0.3 is 12.1 Å². The van der Waals surface area contributed by atoms with Crippen LogP contribution in [0.5, 0.6) is 0 Å². The van der Waals surface area contributed by atoms with Crippen LogP contribution in [-0.2, 0) is 29.0 Å². The molecule has 2 atom stereocenters. The molecule has 3 N–H and O–H groups in total. The van der Waals surface area contributed by atoms with Crippen LogP contribution in [0.15, 0.2) is 47.4 Å². The van der Waals surface area contributed by atoms with Gasteiger partial charge in [-0.05, 0) is 102 Å². The van der Waals surface area contributed by atoms with Gasteiger partial charge in [-0.15, -0.1) is 0 Å². The molecule has 1 amide bonds. The normalized spacial score (nSPS) is 15.5. The SMILES string of the molecule is Cc1nn(C2CCCCO2)c2nc(-c3ccc(NS(=O)(=O)c4cc(Cl)ccc4F)cc3)nc(NCCN(C)CCOC(=O)[C@@H](NC(=O)OC(C)(C)C)C(C)C)c12. The van der Waals surface area contributed by atoms with Gasteiger partial charge in [-0.1, -0.05) is 25.4 Å². The molecular formula is C38H50ClFN8O7S. The Morgan fingerprint density at radius 1 is 1.11 bits per heavy atom. The van der Waals surface area contributed by atoms with Crippen molar-refractivity contribution < 1.29 is 36.6 Å². The van der Waals surface area contributed by atoms with Gasteiger partial charge in [0.1, 0.15) is 34.8 Å². The van der Waals surface area contributed by atoms with Crippen LogP contribution in [0.4, 0.5) is 20.7 Å². The molecule has 0 radical (unpaired) electrons. The van der Waals surface area contributed by atoms with Gasteiger partial charge in [-0.3, -0.25) is 4.72 Å². The molecule has 18 heteroatoms. The molecule has 15 nitrogen and oxygen atoms in total. The number of nitrogens with one attached hydrogen (secondary N) is 3. The van der Waals surface area contributed by atoms with Crippen LogP contribution in [0.2, 0.25) is 5.02 Å². The number of carbonyl (C=O) groups is 2. The fourth-order valence-corrected chi connectivity index (χ4v) is 7.36. The highest BCUT2D eigenvalue weighted by atomic mass is 35.5. The number of hydrogen-bond donors (Lipinski definition) is 3. The van der Waals surface area contributed by atoms with Gasteiger partial charge in [0.05, 0.1) is 11.1 Å². The van der Waals surface area contributed by atoms with E-state index in [0.717, 1.165) is 42.5 Å². The lowest BCUT2D eigenvalue weighted by Gasteiger charge is -2.25. The Morgan fingerprint density at radius 3 is 2.50 bits per heavy atom. The summed E-state index contributed by atoms with van der Waals surface area (Å²) in [6.45, 7) is 13.0. The third kappa shape index (κ3) is 11.0. The predicted octanol–water partition coefficient (Wildman–Crippen LogP) is 6.53. The number of fused-ring (bicyclic) bond motifs is 1. The topological polar surface area (TPSA) is 179 Å². The molecule has 1 aliphatic rings. The number of likely N-dealkylation sites (N-methyl/N-ethyl adjacent to an activating group) is 1. The predicted molar refractivity (Wildman–Crippen MR) is 211 cm³/mol. The number of amides is 1. The molecular weight excluding hydrogens is 767 g/mol. The Bertz CT molecular complexity index is 2120. The molecule has 2 aromatic carbocycles. The van der Waals surface area contributed by atoms with Gasteiger partial charge in [0.2, 0.25) is 0 Å². The number of hydrogen-bond acceptors (Lipinski definition) is 12. The maximum Gasteiger partial charge on any atom is 0.408 e. The number of aromatic nitrogens is 4. The molecule has 1 aliphatic heterocycles. The third-order valence-electron chi connectivity index (χ3n) is 8.83. The molecule has 4 aromatic rings. The van der Waals surface area contributed by atoms with Gasteiger partial charge in [0, 0.05) is 42.5 Å². The average molecular weight is 817 g/mol. The lowest BCUT2D eigenvalue weighted by molar-refractivity contribution is -0.147. The zero-order chi connectivity index (χ0) is 40.8. The summed E-state index contributed by atoms with van der Waals surface area (Å²) >= 11 is 5.93. The zero-order valence-electron chi connectivity index (χ0n) is 32.7. The van der Waals surface area contributed by atoms with Gasteiger partial charge < -0.3 is 29.7 Å². The van der Waals surface area contributed by atoms with E-state index in [-0.39, 0.29) is 29.5 Å². The molecule has 56 heavy (non-hydrogen) atoms. The van der Waals surface area contributed by atoms with Crippen molar-refractivity contribution in [3.05, 3.63) is 59.0 Å². The second kappa shape index (κ2) is 18.1. The molecule has 0 aliphatic carbocycles. The highest BCUT2D eigenvalue weighted by Gasteiger charge is 2.29. The number of halogens is 2. The van der Waals surface area contributed by atoms with Crippen molar-refractivity contribution in [3.63, 3.8) is 0 Å². The van der Waals surface area contributed by atoms with E-state index in [2.05, 4.69) is 15.4 Å². The molecule has 3 heterocycles. The Hall–Kier alpha value is -4.58. The standard InChI is InChI=1S/C38H50ClFN8O7S/c1-23(2)32(42-37(50)55-38(4,5)6)36(49)54-21-19-47(7)18-17-41-34-31-24(3)45-48(30-10-8-9-20-53-30)35(31)44-33(43-34)25-11-14-27(15-12-25)46-56(51,52)29-22-26(39)13-16-28(29)40/h11-16,22-23,30,32,46H,8-10,17-21H2,1-7H3,(H,42,50)(H,41,43,44)/t30?,32-/m0/s1. The number of sulfonamides is 1. The number of aryl methyl sites for hydroxylation is 1. The maximum absolute atomic E-state index is 14.4. The molecule has 0 spiro atoms. The highest BCUT2D eigenvalue weighted by molar-refractivity contribution is 7.92. The zero-order valence-corrected chi connectivity index (χ0v) is 34.3. The summed E-state index contributed by atoms with van der Waals surface area (Å²) in [7, 11) is -2.37. The van der Waals surface area contributed by atoms with E-state index < -0.39 is 44.4 Å². The summed E-state index contributed by atoms with van der Waals surface area (Å²) in [5, 5.41) is 11.7. The summed E-state index contributed by atoms with van der Waals surface area (Å²) < 4.78 is 61.4. The van der Waals surface area contributed by atoms with Crippen LogP contribution in [0.25, 0.3) is 22.4 Å². The molecule has 1 fully saturated rings. The van der Waals surface area contributed by atoms with E-state index >= 15 is 0 Å². The van der Waals surface area contributed by atoms with Crippen molar-refractivity contribution in [2.45, 2.75) is 83.6 Å². The average Bonchev–Trinajstić information content (AvgIpc) is 3.47. The van der Waals surface area contributed by atoms with E-state index in [1.807, 2.05) is 32.7 Å². The summed E-state index contributed by atoms with van der Waals surface area (Å²) in [5.41, 5.74) is 1.41. The molecule has 304 valence electrons. The van der Waals surface area contributed by atoms with Crippen LogP contribution < -0.4 is 15.4 Å². The molecule has 2 aromatic heterocycles. The minimum atomic E-state index is -4.26. The minimum absolute atomic E-state index is 0.0886. The smallest absolute Gasteiger partial charge is 0.408 e. The maximum atomic E-state index is 14.4. The van der Waals surface area contributed by atoms with E-state index in [4.69, 9.17) is 40.9 Å². The fourth-order valence-electron chi connectivity index (χ4n) is 5.96. The van der Waals surface area contributed by atoms with E-state index in [9.17, 15) is 22.4 Å². The first kappa shape index (κ1) is 42.6. The fraction of sp³-hybridized carbons (Fsp3) is 0.500. The number of nitrogens with zero attached hydrogens (tertiary/aromatic N) is 5. The Kier molecular flexibility index (Phi) is 13.8. The van der Waals surface area contributed by atoms with E-state index in [1.54, 1.807) is 49.7 Å². The Balaban J connectivity index is 1.29. The minimum Gasteiger partial charge on any atom is -0.463 e.